The quantitative estimate of drug-likeness (QED) is 0.591. The monoisotopic (exact) mass is 371 g/mol. The topological polar surface area (TPSA) is 28.1 Å². The summed E-state index contributed by atoms with van der Waals surface area (Å²) in [6, 6.07) is 28.5. The Balaban J connectivity index is 1.30. The Labute approximate surface area is 166 Å². The molecule has 28 heavy (non-hydrogen) atoms. The Morgan fingerprint density at radius 3 is 2.18 bits per heavy atom. The van der Waals surface area contributed by atoms with Gasteiger partial charge in [-0.15, -0.1) is 0 Å². The molecule has 0 aromatic heterocycles. The summed E-state index contributed by atoms with van der Waals surface area (Å²) in [4.78, 5) is 2.48. The smallest absolute Gasteiger partial charge is 0.128 e. The normalized spacial score (nSPS) is 15.1. The van der Waals surface area contributed by atoms with Crippen LogP contribution in [0.15, 0.2) is 90.0 Å². The van der Waals surface area contributed by atoms with Crippen LogP contribution >= 0.6 is 0 Å². The average molecular weight is 371 g/mol. The Morgan fingerprint density at radius 1 is 0.750 bits per heavy atom. The van der Waals surface area contributed by atoms with Crippen molar-refractivity contribution in [3.8, 4) is 11.5 Å². The van der Waals surface area contributed by atoms with Crippen LogP contribution in [0.25, 0.3) is 0 Å². The van der Waals surface area contributed by atoms with Crippen LogP contribution in [0.5, 0.6) is 11.5 Å². The van der Waals surface area contributed by atoms with Crippen molar-refractivity contribution < 1.29 is 4.74 Å². The molecule has 4 rings (SSSR count). The summed E-state index contributed by atoms with van der Waals surface area (Å²) in [6.45, 7) is 4.97. The van der Waals surface area contributed by atoms with Crippen molar-refractivity contribution in [2.24, 2.45) is 5.10 Å². The van der Waals surface area contributed by atoms with E-state index in [1.54, 1.807) is 0 Å². The third kappa shape index (κ3) is 5.21. The highest BCUT2D eigenvalue weighted by atomic mass is 16.5. The first-order valence-electron chi connectivity index (χ1n) is 9.73. The van der Waals surface area contributed by atoms with Gasteiger partial charge in [-0.3, -0.25) is 9.91 Å². The van der Waals surface area contributed by atoms with E-state index < -0.39 is 0 Å². The zero-order valence-electron chi connectivity index (χ0n) is 15.9. The van der Waals surface area contributed by atoms with Gasteiger partial charge in [0.25, 0.3) is 0 Å². The van der Waals surface area contributed by atoms with E-state index in [4.69, 9.17) is 4.74 Å². The summed E-state index contributed by atoms with van der Waals surface area (Å²) < 4.78 is 5.90. The summed E-state index contributed by atoms with van der Waals surface area (Å²) in [5, 5.41) is 6.81. The van der Waals surface area contributed by atoms with Crippen LogP contribution in [0.3, 0.4) is 0 Å². The predicted octanol–water partition coefficient (Wildman–Crippen LogP) is 4.63. The molecule has 0 spiro atoms. The Hall–Kier alpha value is -3.11. The van der Waals surface area contributed by atoms with Gasteiger partial charge < -0.3 is 4.74 Å². The van der Waals surface area contributed by atoms with E-state index in [0.29, 0.717) is 0 Å². The van der Waals surface area contributed by atoms with Crippen molar-refractivity contribution in [3.63, 3.8) is 0 Å². The molecule has 0 N–H and O–H groups in total. The van der Waals surface area contributed by atoms with Crippen LogP contribution in [0.4, 0.5) is 0 Å². The molecule has 142 valence electrons. The van der Waals surface area contributed by atoms with Gasteiger partial charge in [-0.05, 0) is 35.4 Å². The fourth-order valence-electron chi connectivity index (χ4n) is 3.28. The van der Waals surface area contributed by atoms with Crippen molar-refractivity contribution in [1.82, 2.24) is 9.91 Å². The fraction of sp³-hybridized carbons (Fsp3) is 0.208. The van der Waals surface area contributed by atoms with Gasteiger partial charge in [-0.2, -0.15) is 5.10 Å². The lowest BCUT2D eigenvalue weighted by atomic mass is 10.2. The van der Waals surface area contributed by atoms with Crippen molar-refractivity contribution in [2.45, 2.75) is 6.54 Å². The van der Waals surface area contributed by atoms with Gasteiger partial charge in [0.1, 0.15) is 11.5 Å². The van der Waals surface area contributed by atoms with Gasteiger partial charge in [0.15, 0.2) is 0 Å². The Kier molecular flexibility index (Phi) is 6.00. The molecule has 3 aromatic rings. The molecule has 4 heteroatoms. The van der Waals surface area contributed by atoms with E-state index in [9.17, 15) is 0 Å². The van der Waals surface area contributed by atoms with Crippen LogP contribution < -0.4 is 4.74 Å². The van der Waals surface area contributed by atoms with Gasteiger partial charge in [-0.25, -0.2) is 0 Å². The highest BCUT2D eigenvalue weighted by Gasteiger charge is 2.15. The maximum absolute atomic E-state index is 5.90. The van der Waals surface area contributed by atoms with Crippen LogP contribution in [0.1, 0.15) is 11.1 Å². The first kappa shape index (κ1) is 18.3. The van der Waals surface area contributed by atoms with Crippen LogP contribution in [-0.4, -0.2) is 42.3 Å². The number of nitrogens with zero attached hydrogens (tertiary/aromatic N) is 3. The lowest BCUT2D eigenvalue weighted by Crippen LogP contribution is -2.43. The second-order valence-corrected chi connectivity index (χ2v) is 6.95. The van der Waals surface area contributed by atoms with Gasteiger partial charge >= 0.3 is 0 Å². The minimum atomic E-state index is 0.822. The standard InChI is InChI=1S/C24H25N3O/c1-3-8-21(9-4-1)20-26-14-16-27(17-15-26)25-19-22-10-7-13-24(18-22)28-23-11-5-2-6-12-23/h1-13,18-19H,14-17,20H2. The first-order chi connectivity index (χ1) is 13.8. The number of hydrogen-bond donors (Lipinski definition) is 0. The molecule has 1 fully saturated rings. The molecule has 1 aliphatic heterocycles. The first-order valence-corrected chi connectivity index (χ1v) is 9.73. The molecule has 0 saturated carbocycles. The number of benzene rings is 3. The molecule has 1 saturated heterocycles. The van der Waals surface area contributed by atoms with E-state index in [0.717, 1.165) is 49.8 Å². The summed E-state index contributed by atoms with van der Waals surface area (Å²) in [5.41, 5.74) is 2.41. The predicted molar refractivity (Wildman–Crippen MR) is 114 cm³/mol. The second-order valence-electron chi connectivity index (χ2n) is 6.95. The number of hydrazone groups is 1. The van der Waals surface area contributed by atoms with E-state index in [1.807, 2.05) is 60.8 Å². The SMILES string of the molecule is C(=NN1CCN(Cc2ccccc2)CC1)c1cccc(Oc2ccccc2)c1. The van der Waals surface area contributed by atoms with Crippen molar-refractivity contribution >= 4 is 6.21 Å². The van der Waals surface area contributed by atoms with Gasteiger partial charge in [-0.1, -0.05) is 60.7 Å². The fourth-order valence-corrected chi connectivity index (χ4v) is 3.28. The van der Waals surface area contributed by atoms with Crippen LogP contribution in [0, 0.1) is 0 Å². The highest BCUT2D eigenvalue weighted by molar-refractivity contribution is 5.80. The number of ether oxygens (including phenoxy) is 1. The van der Waals surface area contributed by atoms with Crippen molar-refractivity contribution in [1.29, 1.82) is 0 Å². The average Bonchev–Trinajstić information content (AvgIpc) is 2.75. The van der Waals surface area contributed by atoms with Gasteiger partial charge in [0, 0.05) is 32.7 Å². The molecule has 1 aliphatic rings. The Morgan fingerprint density at radius 2 is 1.43 bits per heavy atom. The van der Waals surface area contributed by atoms with Crippen molar-refractivity contribution in [3.05, 3.63) is 96.1 Å². The highest BCUT2D eigenvalue weighted by Crippen LogP contribution is 2.21. The molecule has 0 atom stereocenters. The summed E-state index contributed by atoms with van der Waals surface area (Å²) in [7, 11) is 0. The zero-order valence-corrected chi connectivity index (χ0v) is 15.9. The molecule has 1 heterocycles. The molecule has 3 aromatic carbocycles. The van der Waals surface area contributed by atoms with Crippen LogP contribution in [0.2, 0.25) is 0 Å². The molecule has 0 radical (unpaired) electrons. The van der Waals surface area contributed by atoms with Crippen LogP contribution in [-0.2, 0) is 6.54 Å². The lowest BCUT2D eigenvalue weighted by Gasteiger charge is -2.33. The summed E-state index contributed by atoms with van der Waals surface area (Å²) in [6.07, 6.45) is 1.92. The molecule has 0 aliphatic carbocycles. The summed E-state index contributed by atoms with van der Waals surface area (Å²) >= 11 is 0. The van der Waals surface area contributed by atoms with E-state index in [1.165, 1.54) is 5.56 Å². The van der Waals surface area contributed by atoms with Gasteiger partial charge in [0.2, 0.25) is 0 Å². The minimum Gasteiger partial charge on any atom is -0.457 e. The molecular weight excluding hydrogens is 346 g/mol. The number of hydrogen-bond acceptors (Lipinski definition) is 4. The third-order valence-corrected chi connectivity index (χ3v) is 4.80. The van der Waals surface area contributed by atoms with Gasteiger partial charge in [0.05, 0.1) is 6.21 Å². The minimum absolute atomic E-state index is 0.822. The number of rotatable bonds is 6. The van der Waals surface area contributed by atoms with E-state index >= 15 is 0 Å². The zero-order chi connectivity index (χ0) is 19.0. The largest absolute Gasteiger partial charge is 0.457 e. The van der Waals surface area contributed by atoms with E-state index in [2.05, 4.69) is 45.3 Å². The molecule has 0 bridgehead atoms. The third-order valence-electron chi connectivity index (χ3n) is 4.80. The van der Waals surface area contributed by atoms with E-state index in [-0.39, 0.29) is 0 Å². The Bertz CT molecular complexity index is 888. The maximum Gasteiger partial charge on any atom is 0.128 e. The summed E-state index contributed by atoms with van der Waals surface area (Å²) in [5.74, 6) is 1.66. The number of para-hydroxylation sites is 1. The lowest BCUT2D eigenvalue weighted by molar-refractivity contribution is 0.131. The molecule has 0 unspecified atom stereocenters. The molecular formula is C24H25N3O. The number of piperazine rings is 1. The molecule has 4 nitrogen and oxygen atoms in total. The van der Waals surface area contributed by atoms with Crippen molar-refractivity contribution in [2.75, 3.05) is 26.2 Å². The molecule has 0 amide bonds. The second kappa shape index (κ2) is 9.20. The maximum atomic E-state index is 5.90.